The minimum Gasteiger partial charge on any atom is -0.456 e. The third-order valence-electron chi connectivity index (χ3n) is 4.73. The first-order valence-electron chi connectivity index (χ1n) is 8.18. The van der Waals surface area contributed by atoms with E-state index in [2.05, 4.69) is 55.5 Å². The fourth-order valence-electron chi connectivity index (χ4n) is 3.50. The molecule has 3 heterocycles. The van der Waals surface area contributed by atoms with Crippen LogP contribution in [0, 0.1) is 0 Å². The van der Waals surface area contributed by atoms with Crippen molar-refractivity contribution in [2.45, 2.75) is 18.9 Å². The smallest absolute Gasteiger partial charge is 0.136 e. The molecule has 1 aliphatic rings. The van der Waals surface area contributed by atoms with Crippen molar-refractivity contribution in [3.05, 3.63) is 52.9 Å². The zero-order chi connectivity index (χ0) is 16.1. The molecule has 1 unspecified atom stereocenters. The second-order valence-corrected chi connectivity index (χ2v) is 7.20. The van der Waals surface area contributed by atoms with Gasteiger partial charge in [-0.2, -0.15) is 0 Å². The van der Waals surface area contributed by atoms with E-state index >= 15 is 0 Å². The lowest BCUT2D eigenvalue weighted by Gasteiger charge is -2.05. The van der Waals surface area contributed by atoms with Gasteiger partial charge in [-0.25, -0.2) is 4.98 Å². The Morgan fingerprint density at radius 1 is 1.08 bits per heavy atom. The number of benzene rings is 2. The van der Waals surface area contributed by atoms with Gasteiger partial charge in [0.2, 0.25) is 0 Å². The molecule has 1 aliphatic heterocycles. The molecule has 5 heteroatoms. The molecule has 0 spiro atoms. The first-order chi connectivity index (χ1) is 11.8. The maximum absolute atomic E-state index is 6.03. The molecule has 0 aliphatic carbocycles. The van der Waals surface area contributed by atoms with Crippen LogP contribution in [0.3, 0.4) is 0 Å². The van der Waals surface area contributed by atoms with Crippen molar-refractivity contribution in [2.75, 3.05) is 6.54 Å². The van der Waals surface area contributed by atoms with Crippen molar-refractivity contribution in [2.24, 2.45) is 0 Å². The Morgan fingerprint density at radius 2 is 1.92 bits per heavy atom. The largest absolute Gasteiger partial charge is 0.456 e. The second-order valence-electron chi connectivity index (χ2n) is 6.28. The molecule has 4 aromatic rings. The molecule has 0 bridgehead atoms. The van der Waals surface area contributed by atoms with Gasteiger partial charge in [0.25, 0.3) is 0 Å². The minimum absolute atomic E-state index is 0.353. The fourth-order valence-corrected chi connectivity index (χ4v) is 3.84. The molecule has 2 aromatic heterocycles. The van der Waals surface area contributed by atoms with Crippen LogP contribution in [0.5, 0.6) is 0 Å². The number of halogens is 1. The first-order valence-corrected chi connectivity index (χ1v) is 8.98. The average molecular weight is 382 g/mol. The van der Waals surface area contributed by atoms with Gasteiger partial charge in [0, 0.05) is 20.8 Å². The highest BCUT2D eigenvalue weighted by Crippen LogP contribution is 2.33. The van der Waals surface area contributed by atoms with E-state index in [4.69, 9.17) is 4.42 Å². The number of rotatable bonds is 2. The Bertz CT molecular complexity index is 1040. The third-order valence-corrected chi connectivity index (χ3v) is 5.23. The maximum atomic E-state index is 6.03. The Labute approximate surface area is 147 Å². The van der Waals surface area contributed by atoms with Crippen LogP contribution in [0.15, 0.2) is 51.5 Å². The Balaban J connectivity index is 1.58. The van der Waals surface area contributed by atoms with Crippen LogP contribution in [-0.2, 0) is 0 Å². The number of aromatic nitrogens is 2. The topological polar surface area (TPSA) is 53.9 Å². The number of furan rings is 1. The Kier molecular flexibility index (Phi) is 3.24. The van der Waals surface area contributed by atoms with Crippen LogP contribution in [0.25, 0.3) is 33.2 Å². The first kappa shape index (κ1) is 14.3. The molecule has 0 amide bonds. The number of hydrogen-bond acceptors (Lipinski definition) is 3. The average Bonchev–Trinajstić information content (AvgIpc) is 3.32. The van der Waals surface area contributed by atoms with Crippen LogP contribution in [0.4, 0.5) is 0 Å². The maximum Gasteiger partial charge on any atom is 0.136 e. The standard InChI is InChI=1S/C19H16BrN3O/c20-12-4-6-14-13-5-3-11(8-17(13)24-18(14)9-12)16-10-22-19(23-16)15-2-1-7-21-15/h3-6,8-10,15,21H,1-2,7H2,(H,22,23). The molecular weight excluding hydrogens is 366 g/mol. The Hall–Kier alpha value is -2.11. The second kappa shape index (κ2) is 5.46. The molecule has 5 rings (SSSR count). The van der Waals surface area contributed by atoms with Crippen molar-refractivity contribution < 1.29 is 4.42 Å². The summed E-state index contributed by atoms with van der Waals surface area (Å²) in [4.78, 5) is 8.01. The summed E-state index contributed by atoms with van der Waals surface area (Å²) in [6.07, 6.45) is 4.27. The molecule has 120 valence electrons. The summed E-state index contributed by atoms with van der Waals surface area (Å²) in [6.45, 7) is 1.07. The van der Waals surface area contributed by atoms with Crippen molar-refractivity contribution in [3.8, 4) is 11.3 Å². The van der Waals surface area contributed by atoms with Crippen molar-refractivity contribution >= 4 is 37.9 Å². The van der Waals surface area contributed by atoms with E-state index < -0.39 is 0 Å². The molecule has 1 fully saturated rings. The van der Waals surface area contributed by atoms with E-state index in [1.807, 2.05) is 18.3 Å². The van der Waals surface area contributed by atoms with Crippen LogP contribution in [-0.4, -0.2) is 16.5 Å². The summed E-state index contributed by atoms with van der Waals surface area (Å²) in [7, 11) is 0. The van der Waals surface area contributed by atoms with Gasteiger partial charge < -0.3 is 14.7 Å². The minimum atomic E-state index is 0.353. The van der Waals surface area contributed by atoms with Gasteiger partial charge in [-0.3, -0.25) is 0 Å². The Morgan fingerprint density at radius 3 is 2.75 bits per heavy atom. The highest BCUT2D eigenvalue weighted by Gasteiger charge is 2.19. The third kappa shape index (κ3) is 2.27. The summed E-state index contributed by atoms with van der Waals surface area (Å²) >= 11 is 3.50. The van der Waals surface area contributed by atoms with Gasteiger partial charge in [-0.15, -0.1) is 0 Å². The summed E-state index contributed by atoms with van der Waals surface area (Å²) in [6, 6.07) is 12.8. The predicted molar refractivity (Wildman–Crippen MR) is 99.0 cm³/mol. The quantitative estimate of drug-likeness (QED) is 0.503. The van der Waals surface area contributed by atoms with Gasteiger partial charge in [-0.05, 0) is 49.7 Å². The molecule has 0 radical (unpaired) electrons. The van der Waals surface area contributed by atoms with Crippen molar-refractivity contribution in [1.29, 1.82) is 0 Å². The molecule has 0 saturated carbocycles. The van der Waals surface area contributed by atoms with E-state index in [1.165, 1.54) is 6.42 Å². The van der Waals surface area contributed by atoms with E-state index in [0.29, 0.717) is 6.04 Å². The molecule has 1 saturated heterocycles. The number of nitrogens with zero attached hydrogens (tertiary/aromatic N) is 1. The van der Waals surface area contributed by atoms with Crippen LogP contribution < -0.4 is 5.32 Å². The van der Waals surface area contributed by atoms with Gasteiger partial charge >= 0.3 is 0 Å². The number of aromatic amines is 1. The van der Waals surface area contributed by atoms with Crippen LogP contribution in [0.2, 0.25) is 0 Å². The zero-order valence-corrected chi connectivity index (χ0v) is 14.6. The zero-order valence-electron chi connectivity index (χ0n) is 13.0. The fraction of sp³-hybridized carbons (Fsp3) is 0.211. The van der Waals surface area contributed by atoms with Gasteiger partial charge in [-0.1, -0.05) is 22.0 Å². The summed E-state index contributed by atoms with van der Waals surface area (Å²) in [5, 5.41) is 5.75. The lowest BCUT2D eigenvalue weighted by molar-refractivity contribution is 0.613. The van der Waals surface area contributed by atoms with Gasteiger partial charge in [0.1, 0.15) is 17.0 Å². The lowest BCUT2D eigenvalue weighted by atomic mass is 10.1. The summed E-state index contributed by atoms with van der Waals surface area (Å²) < 4.78 is 7.05. The number of imidazole rings is 1. The predicted octanol–water partition coefficient (Wildman–Crippen LogP) is 5.16. The highest BCUT2D eigenvalue weighted by molar-refractivity contribution is 9.10. The van der Waals surface area contributed by atoms with Crippen molar-refractivity contribution in [1.82, 2.24) is 15.3 Å². The lowest BCUT2D eigenvalue weighted by Crippen LogP contribution is -2.14. The van der Waals surface area contributed by atoms with E-state index in [9.17, 15) is 0 Å². The SMILES string of the molecule is Brc1ccc2c(c1)oc1cc(-c3cnc(C4CCCN4)[nH]3)ccc12. The monoisotopic (exact) mass is 381 g/mol. The van der Waals surface area contributed by atoms with Crippen LogP contribution >= 0.6 is 15.9 Å². The molecule has 2 N–H and O–H groups in total. The molecule has 4 nitrogen and oxygen atoms in total. The van der Waals surface area contributed by atoms with E-state index in [0.717, 1.165) is 56.5 Å². The molecule has 1 atom stereocenters. The van der Waals surface area contributed by atoms with E-state index in [-0.39, 0.29) is 0 Å². The highest BCUT2D eigenvalue weighted by atomic mass is 79.9. The van der Waals surface area contributed by atoms with Gasteiger partial charge in [0.15, 0.2) is 0 Å². The summed E-state index contributed by atoms with van der Waals surface area (Å²) in [5.74, 6) is 1.02. The number of hydrogen-bond donors (Lipinski definition) is 2. The normalized spacial score (nSPS) is 18.0. The van der Waals surface area contributed by atoms with Crippen LogP contribution in [0.1, 0.15) is 24.7 Å². The number of nitrogens with one attached hydrogen (secondary N) is 2. The van der Waals surface area contributed by atoms with Crippen molar-refractivity contribution in [3.63, 3.8) is 0 Å². The molecular formula is C19H16BrN3O. The van der Waals surface area contributed by atoms with Gasteiger partial charge in [0.05, 0.1) is 17.9 Å². The van der Waals surface area contributed by atoms with E-state index in [1.54, 1.807) is 0 Å². The summed E-state index contributed by atoms with van der Waals surface area (Å²) in [5.41, 5.74) is 3.92. The number of H-pyrrole nitrogens is 1. The number of fused-ring (bicyclic) bond motifs is 3. The molecule has 2 aromatic carbocycles. The molecule has 24 heavy (non-hydrogen) atoms.